The molecule has 0 aliphatic rings. The number of nitrogen functional groups attached to an aromatic ring is 1. The Hall–Kier alpha value is -1.67. The molecule has 8 heteroatoms. The number of hydrogen-bond donors (Lipinski definition) is 2. The highest BCUT2D eigenvalue weighted by Gasteiger charge is 2.30. The second kappa shape index (κ2) is 6.19. The van der Waals surface area contributed by atoms with Gasteiger partial charge in [-0.1, -0.05) is 19.9 Å². The van der Waals surface area contributed by atoms with Crippen LogP contribution in [0.5, 0.6) is 0 Å². The number of rotatable bonds is 5. The average molecular weight is 304 g/mol. The lowest BCUT2D eigenvalue weighted by molar-refractivity contribution is -0.143. The van der Waals surface area contributed by atoms with Gasteiger partial charge in [0.2, 0.25) is 10.0 Å². The number of carbonyl (C=O) groups excluding carboxylic acids is 1. The normalized spacial score (nSPS) is 13.2. The first-order valence-corrected chi connectivity index (χ1v) is 7.33. The quantitative estimate of drug-likeness (QED) is 0.621. The number of nitrogens with one attached hydrogen (secondary N) is 1. The Morgan fingerprint density at radius 2 is 2.00 bits per heavy atom. The molecule has 20 heavy (non-hydrogen) atoms. The summed E-state index contributed by atoms with van der Waals surface area (Å²) in [6, 6.07) is 2.36. The molecule has 0 fully saturated rings. The van der Waals surface area contributed by atoms with Crippen LogP contribution in [0, 0.1) is 11.7 Å². The Morgan fingerprint density at radius 1 is 1.40 bits per heavy atom. The maximum atomic E-state index is 13.3. The zero-order valence-electron chi connectivity index (χ0n) is 11.4. The molecule has 0 radical (unpaired) electrons. The van der Waals surface area contributed by atoms with Gasteiger partial charge in [0, 0.05) is 0 Å². The van der Waals surface area contributed by atoms with E-state index >= 15 is 0 Å². The molecular weight excluding hydrogens is 287 g/mol. The third kappa shape index (κ3) is 3.45. The summed E-state index contributed by atoms with van der Waals surface area (Å²) in [5, 5.41) is 0. The standard InChI is InChI=1S/C12H17FN2O4S/c1-7(2)11(12(16)19-3)15-20(17,18)9-6-4-5-8(13)10(9)14/h4-7,11,15H,14H2,1-3H3. The van der Waals surface area contributed by atoms with Crippen molar-refractivity contribution >= 4 is 21.7 Å². The van der Waals surface area contributed by atoms with E-state index in [9.17, 15) is 17.6 Å². The Balaban J connectivity index is 3.17. The van der Waals surface area contributed by atoms with Crippen molar-refractivity contribution in [2.75, 3.05) is 12.8 Å². The summed E-state index contributed by atoms with van der Waals surface area (Å²) in [7, 11) is -2.97. The number of methoxy groups -OCH3 is 1. The highest BCUT2D eigenvalue weighted by molar-refractivity contribution is 7.89. The minimum Gasteiger partial charge on any atom is -0.468 e. The van der Waals surface area contributed by atoms with Crippen molar-refractivity contribution in [3.8, 4) is 0 Å². The molecule has 0 aromatic heterocycles. The lowest BCUT2D eigenvalue weighted by atomic mass is 10.1. The molecule has 0 saturated carbocycles. The van der Waals surface area contributed by atoms with Gasteiger partial charge in [-0.2, -0.15) is 4.72 Å². The number of hydrogen-bond acceptors (Lipinski definition) is 5. The monoisotopic (exact) mass is 304 g/mol. The fourth-order valence-electron chi connectivity index (χ4n) is 1.57. The minimum atomic E-state index is -4.13. The van der Waals surface area contributed by atoms with E-state index in [1.807, 2.05) is 0 Å². The third-order valence-electron chi connectivity index (χ3n) is 2.71. The topological polar surface area (TPSA) is 98.5 Å². The maximum absolute atomic E-state index is 13.3. The predicted molar refractivity (Wildman–Crippen MR) is 71.8 cm³/mol. The largest absolute Gasteiger partial charge is 0.468 e. The summed E-state index contributed by atoms with van der Waals surface area (Å²) in [5.74, 6) is -1.91. The van der Waals surface area contributed by atoms with Crippen LogP contribution in [0.15, 0.2) is 23.1 Å². The molecule has 1 aromatic carbocycles. The Morgan fingerprint density at radius 3 is 2.50 bits per heavy atom. The van der Waals surface area contributed by atoms with Gasteiger partial charge in [-0.05, 0) is 18.1 Å². The third-order valence-corrected chi connectivity index (χ3v) is 4.21. The number of sulfonamides is 1. The number of para-hydroxylation sites is 1. The van der Waals surface area contributed by atoms with Crippen LogP contribution in [0.2, 0.25) is 0 Å². The lowest BCUT2D eigenvalue weighted by Crippen LogP contribution is -2.45. The van der Waals surface area contributed by atoms with E-state index in [1.54, 1.807) is 13.8 Å². The van der Waals surface area contributed by atoms with Crippen LogP contribution in [0.25, 0.3) is 0 Å². The molecule has 0 aliphatic heterocycles. The second-order valence-electron chi connectivity index (χ2n) is 4.52. The summed E-state index contributed by atoms with van der Waals surface area (Å²) in [4.78, 5) is 11.1. The van der Waals surface area contributed by atoms with E-state index in [-0.39, 0.29) is 5.92 Å². The zero-order valence-corrected chi connectivity index (χ0v) is 12.2. The van der Waals surface area contributed by atoms with E-state index in [0.29, 0.717) is 0 Å². The molecule has 0 aliphatic carbocycles. The molecule has 112 valence electrons. The van der Waals surface area contributed by atoms with E-state index in [1.165, 1.54) is 6.07 Å². The fraction of sp³-hybridized carbons (Fsp3) is 0.417. The van der Waals surface area contributed by atoms with Gasteiger partial charge in [0.1, 0.15) is 16.8 Å². The van der Waals surface area contributed by atoms with Gasteiger partial charge in [0.25, 0.3) is 0 Å². The van der Waals surface area contributed by atoms with Crippen LogP contribution in [0.3, 0.4) is 0 Å². The van der Waals surface area contributed by atoms with Gasteiger partial charge in [-0.25, -0.2) is 12.8 Å². The van der Waals surface area contributed by atoms with Crippen LogP contribution in [-0.4, -0.2) is 27.5 Å². The number of esters is 1. The molecule has 1 rings (SSSR count). The first kappa shape index (κ1) is 16.4. The van der Waals surface area contributed by atoms with Crippen molar-refractivity contribution in [1.82, 2.24) is 4.72 Å². The first-order chi connectivity index (χ1) is 9.20. The first-order valence-electron chi connectivity index (χ1n) is 5.85. The fourth-order valence-corrected chi connectivity index (χ4v) is 3.04. The summed E-state index contributed by atoms with van der Waals surface area (Å²) in [6.07, 6.45) is 0. The summed E-state index contributed by atoms with van der Waals surface area (Å²) in [6.45, 7) is 3.30. The van der Waals surface area contributed by atoms with E-state index < -0.39 is 38.4 Å². The van der Waals surface area contributed by atoms with Crippen LogP contribution >= 0.6 is 0 Å². The van der Waals surface area contributed by atoms with Gasteiger partial charge in [0.15, 0.2) is 0 Å². The summed E-state index contributed by atoms with van der Waals surface area (Å²) in [5.41, 5.74) is 4.93. The van der Waals surface area contributed by atoms with Crippen LogP contribution in [0.4, 0.5) is 10.1 Å². The van der Waals surface area contributed by atoms with Crippen molar-refractivity contribution in [3.05, 3.63) is 24.0 Å². The van der Waals surface area contributed by atoms with Crippen molar-refractivity contribution in [3.63, 3.8) is 0 Å². The molecule has 3 N–H and O–H groups in total. The second-order valence-corrected chi connectivity index (χ2v) is 6.20. The number of halogens is 1. The van der Waals surface area contributed by atoms with Gasteiger partial charge >= 0.3 is 5.97 Å². The van der Waals surface area contributed by atoms with Crippen molar-refractivity contribution in [1.29, 1.82) is 0 Å². The predicted octanol–water partition coefficient (Wildman–Crippen LogP) is 0.884. The molecular formula is C12H17FN2O4S. The minimum absolute atomic E-state index is 0.341. The van der Waals surface area contributed by atoms with Crippen LogP contribution in [0.1, 0.15) is 13.8 Å². The van der Waals surface area contributed by atoms with E-state index in [2.05, 4.69) is 9.46 Å². The highest BCUT2D eigenvalue weighted by atomic mass is 32.2. The average Bonchev–Trinajstić information content (AvgIpc) is 2.37. The van der Waals surface area contributed by atoms with E-state index in [4.69, 9.17) is 5.73 Å². The van der Waals surface area contributed by atoms with Crippen molar-refractivity contribution in [2.24, 2.45) is 5.92 Å². The maximum Gasteiger partial charge on any atom is 0.324 e. The van der Waals surface area contributed by atoms with E-state index in [0.717, 1.165) is 19.2 Å². The Bertz CT molecular complexity index is 601. The smallest absolute Gasteiger partial charge is 0.324 e. The molecule has 0 bridgehead atoms. The van der Waals surface area contributed by atoms with Gasteiger partial charge < -0.3 is 10.5 Å². The molecule has 0 saturated heterocycles. The molecule has 1 aromatic rings. The summed E-state index contributed by atoms with van der Waals surface area (Å²) >= 11 is 0. The number of ether oxygens (including phenoxy) is 1. The van der Waals surface area contributed by atoms with Gasteiger partial charge in [-0.3, -0.25) is 4.79 Å². The molecule has 0 heterocycles. The number of benzene rings is 1. The highest BCUT2D eigenvalue weighted by Crippen LogP contribution is 2.21. The van der Waals surface area contributed by atoms with Crippen molar-refractivity contribution < 1.29 is 22.3 Å². The Labute approximate surface area is 117 Å². The van der Waals surface area contributed by atoms with Crippen LogP contribution < -0.4 is 10.5 Å². The molecule has 1 unspecified atom stereocenters. The molecule has 1 atom stereocenters. The zero-order chi connectivity index (χ0) is 15.5. The SMILES string of the molecule is COC(=O)C(NS(=O)(=O)c1cccc(F)c1N)C(C)C. The lowest BCUT2D eigenvalue weighted by Gasteiger charge is -2.20. The number of nitrogens with two attached hydrogens (primary N) is 1. The molecule has 0 amide bonds. The number of anilines is 1. The molecule has 6 nitrogen and oxygen atoms in total. The Kier molecular flexibility index (Phi) is 5.07. The molecule has 0 spiro atoms. The summed E-state index contributed by atoms with van der Waals surface area (Å²) < 4.78 is 44.4. The van der Waals surface area contributed by atoms with Crippen LogP contribution in [-0.2, 0) is 19.6 Å². The van der Waals surface area contributed by atoms with Crippen molar-refractivity contribution in [2.45, 2.75) is 24.8 Å². The van der Waals surface area contributed by atoms with Gasteiger partial charge in [-0.15, -0.1) is 0 Å². The number of carbonyl (C=O) groups is 1. The van der Waals surface area contributed by atoms with Gasteiger partial charge in [0.05, 0.1) is 12.8 Å².